The maximum Gasteiger partial charge on any atom is 0.251 e. The molecular weight excluding hydrogens is 454 g/mol. The van der Waals surface area contributed by atoms with Crippen molar-refractivity contribution in [3.8, 4) is 5.75 Å². The molecule has 0 aliphatic heterocycles. The highest BCUT2D eigenvalue weighted by Crippen LogP contribution is 2.20. The Balaban J connectivity index is 1.48. The highest BCUT2D eigenvalue weighted by Gasteiger charge is 2.09. The van der Waals surface area contributed by atoms with Crippen LogP contribution in [0.5, 0.6) is 5.75 Å². The van der Waals surface area contributed by atoms with E-state index in [1.807, 2.05) is 48.9 Å². The number of hydrogen-bond acceptors (Lipinski definition) is 3. The fourth-order valence-electron chi connectivity index (χ4n) is 2.93. The summed E-state index contributed by atoms with van der Waals surface area (Å²) in [5.41, 5.74) is 3.63. The minimum atomic E-state index is -0.0899. The van der Waals surface area contributed by atoms with Gasteiger partial charge in [0.2, 0.25) is 0 Å². The Morgan fingerprint density at radius 2 is 1.97 bits per heavy atom. The smallest absolute Gasteiger partial charge is 0.251 e. The van der Waals surface area contributed by atoms with Crippen LogP contribution in [-0.4, -0.2) is 22.2 Å². The van der Waals surface area contributed by atoms with Gasteiger partial charge in [0.1, 0.15) is 12.4 Å². The van der Waals surface area contributed by atoms with Gasteiger partial charge in [-0.05, 0) is 78.2 Å². The van der Waals surface area contributed by atoms with Gasteiger partial charge in [0.25, 0.3) is 5.91 Å². The standard InChI is InChI=1S/C22H23BrClN3O2/c1-15-21(23)16(2)27(26-15)12-4-11-25-22(28)18-6-3-5-17(13-18)14-29-20-9-7-19(24)8-10-20/h3,5-10,13H,4,11-12,14H2,1-2H3,(H,25,28). The van der Waals surface area contributed by atoms with E-state index in [0.717, 1.165) is 40.1 Å². The highest BCUT2D eigenvalue weighted by molar-refractivity contribution is 9.10. The molecule has 29 heavy (non-hydrogen) atoms. The maximum atomic E-state index is 12.4. The molecule has 0 radical (unpaired) electrons. The third kappa shape index (κ3) is 5.84. The van der Waals surface area contributed by atoms with Crippen LogP contribution >= 0.6 is 27.5 Å². The number of amides is 1. The van der Waals surface area contributed by atoms with Crippen molar-refractivity contribution in [1.29, 1.82) is 0 Å². The van der Waals surface area contributed by atoms with Gasteiger partial charge in [-0.3, -0.25) is 9.48 Å². The average molecular weight is 477 g/mol. The van der Waals surface area contributed by atoms with Crippen LogP contribution in [0.1, 0.15) is 33.7 Å². The van der Waals surface area contributed by atoms with Crippen molar-refractivity contribution in [2.75, 3.05) is 6.54 Å². The van der Waals surface area contributed by atoms with E-state index in [1.165, 1.54) is 0 Å². The molecule has 7 heteroatoms. The topological polar surface area (TPSA) is 56.2 Å². The normalized spacial score (nSPS) is 10.8. The highest BCUT2D eigenvalue weighted by atomic mass is 79.9. The molecule has 152 valence electrons. The SMILES string of the molecule is Cc1nn(CCCNC(=O)c2cccc(COc3ccc(Cl)cc3)c2)c(C)c1Br. The Morgan fingerprint density at radius 3 is 2.66 bits per heavy atom. The summed E-state index contributed by atoms with van der Waals surface area (Å²) in [7, 11) is 0. The van der Waals surface area contributed by atoms with Gasteiger partial charge < -0.3 is 10.1 Å². The van der Waals surface area contributed by atoms with E-state index in [-0.39, 0.29) is 5.91 Å². The van der Waals surface area contributed by atoms with Crippen LogP contribution in [0.4, 0.5) is 0 Å². The van der Waals surface area contributed by atoms with Crippen LogP contribution in [0.25, 0.3) is 0 Å². The molecule has 0 aliphatic carbocycles. The molecule has 0 bridgehead atoms. The number of halogens is 2. The third-order valence-corrected chi connectivity index (χ3v) is 5.93. The Hall–Kier alpha value is -2.31. The molecule has 0 unspecified atom stereocenters. The molecule has 0 spiro atoms. The van der Waals surface area contributed by atoms with Crippen molar-refractivity contribution in [3.63, 3.8) is 0 Å². The number of carbonyl (C=O) groups excluding carboxylic acids is 1. The molecular formula is C22H23BrClN3O2. The molecule has 1 N–H and O–H groups in total. The number of ether oxygens (including phenoxy) is 1. The van der Waals surface area contributed by atoms with E-state index >= 15 is 0 Å². The largest absolute Gasteiger partial charge is 0.489 e. The number of carbonyl (C=O) groups is 1. The lowest BCUT2D eigenvalue weighted by Crippen LogP contribution is -2.25. The van der Waals surface area contributed by atoms with Crippen LogP contribution in [0.15, 0.2) is 53.0 Å². The molecule has 0 fully saturated rings. The zero-order chi connectivity index (χ0) is 20.8. The zero-order valence-corrected chi connectivity index (χ0v) is 18.8. The quantitative estimate of drug-likeness (QED) is 0.448. The van der Waals surface area contributed by atoms with Gasteiger partial charge in [-0.25, -0.2) is 0 Å². The molecule has 1 aromatic heterocycles. The number of hydrogen-bond donors (Lipinski definition) is 1. The monoisotopic (exact) mass is 475 g/mol. The Kier molecular flexibility index (Phi) is 7.34. The summed E-state index contributed by atoms with van der Waals surface area (Å²) >= 11 is 9.41. The summed E-state index contributed by atoms with van der Waals surface area (Å²) < 4.78 is 8.75. The van der Waals surface area contributed by atoms with Crippen molar-refractivity contribution in [3.05, 3.63) is 80.5 Å². The number of aryl methyl sites for hydroxylation is 2. The van der Waals surface area contributed by atoms with Crippen molar-refractivity contribution >= 4 is 33.4 Å². The molecule has 0 saturated carbocycles. The fraction of sp³-hybridized carbons (Fsp3) is 0.273. The minimum Gasteiger partial charge on any atom is -0.489 e. The molecule has 1 amide bonds. The summed E-state index contributed by atoms with van der Waals surface area (Å²) in [4.78, 5) is 12.4. The molecule has 1 heterocycles. The van der Waals surface area contributed by atoms with E-state index in [4.69, 9.17) is 16.3 Å². The summed E-state index contributed by atoms with van der Waals surface area (Å²) in [6.07, 6.45) is 0.805. The maximum absolute atomic E-state index is 12.4. The third-order valence-electron chi connectivity index (χ3n) is 4.53. The van der Waals surface area contributed by atoms with E-state index in [0.29, 0.717) is 23.7 Å². The van der Waals surface area contributed by atoms with E-state index in [9.17, 15) is 4.79 Å². The molecule has 5 nitrogen and oxygen atoms in total. The van der Waals surface area contributed by atoms with Gasteiger partial charge in [0, 0.05) is 29.4 Å². The molecule has 3 rings (SSSR count). The number of nitrogens with one attached hydrogen (secondary N) is 1. The molecule has 0 aliphatic rings. The molecule has 0 atom stereocenters. The second-order valence-corrected chi connectivity index (χ2v) is 7.99. The van der Waals surface area contributed by atoms with Crippen LogP contribution in [0.3, 0.4) is 0 Å². The number of nitrogens with zero attached hydrogens (tertiary/aromatic N) is 2. The van der Waals surface area contributed by atoms with Crippen molar-refractivity contribution in [2.24, 2.45) is 0 Å². The lowest BCUT2D eigenvalue weighted by molar-refractivity contribution is 0.0952. The van der Waals surface area contributed by atoms with Gasteiger partial charge in [-0.1, -0.05) is 23.7 Å². The second-order valence-electron chi connectivity index (χ2n) is 6.76. The van der Waals surface area contributed by atoms with Crippen LogP contribution < -0.4 is 10.1 Å². The number of rotatable bonds is 8. The van der Waals surface area contributed by atoms with Gasteiger partial charge in [0.05, 0.1) is 10.2 Å². The zero-order valence-electron chi connectivity index (χ0n) is 16.4. The molecule has 2 aromatic carbocycles. The van der Waals surface area contributed by atoms with Gasteiger partial charge in [-0.15, -0.1) is 0 Å². The average Bonchev–Trinajstić information content (AvgIpc) is 2.97. The van der Waals surface area contributed by atoms with Crippen molar-refractivity contribution in [1.82, 2.24) is 15.1 Å². The summed E-state index contributed by atoms with van der Waals surface area (Å²) in [6, 6.07) is 14.7. The van der Waals surface area contributed by atoms with Crippen molar-refractivity contribution < 1.29 is 9.53 Å². The summed E-state index contributed by atoms with van der Waals surface area (Å²) in [5, 5.41) is 8.12. The summed E-state index contributed by atoms with van der Waals surface area (Å²) in [5.74, 6) is 0.646. The van der Waals surface area contributed by atoms with Crippen LogP contribution in [-0.2, 0) is 13.2 Å². The van der Waals surface area contributed by atoms with E-state index in [2.05, 4.69) is 26.3 Å². The number of benzene rings is 2. The van der Waals surface area contributed by atoms with E-state index in [1.54, 1.807) is 18.2 Å². The predicted molar refractivity (Wildman–Crippen MR) is 119 cm³/mol. The second kappa shape index (κ2) is 9.94. The van der Waals surface area contributed by atoms with Gasteiger partial charge in [-0.2, -0.15) is 5.10 Å². The Bertz CT molecular complexity index is 986. The fourth-order valence-corrected chi connectivity index (χ4v) is 3.34. The lowest BCUT2D eigenvalue weighted by atomic mass is 10.1. The first-order valence-corrected chi connectivity index (χ1v) is 10.6. The van der Waals surface area contributed by atoms with Crippen LogP contribution in [0.2, 0.25) is 5.02 Å². The van der Waals surface area contributed by atoms with Crippen LogP contribution in [0, 0.1) is 13.8 Å². The summed E-state index contributed by atoms with van der Waals surface area (Å²) in [6.45, 7) is 5.72. The predicted octanol–water partition coefficient (Wildman–Crippen LogP) is 5.31. The number of aromatic nitrogens is 2. The molecule has 0 saturated heterocycles. The van der Waals surface area contributed by atoms with Gasteiger partial charge in [0.15, 0.2) is 0 Å². The minimum absolute atomic E-state index is 0.0899. The lowest BCUT2D eigenvalue weighted by Gasteiger charge is -2.09. The first kappa shape index (κ1) is 21.4. The van der Waals surface area contributed by atoms with Crippen molar-refractivity contribution in [2.45, 2.75) is 33.4 Å². The van der Waals surface area contributed by atoms with E-state index < -0.39 is 0 Å². The first-order valence-electron chi connectivity index (χ1n) is 9.39. The molecule has 3 aromatic rings. The Morgan fingerprint density at radius 1 is 1.21 bits per heavy atom. The Labute approximate surface area is 184 Å². The van der Waals surface area contributed by atoms with Gasteiger partial charge >= 0.3 is 0 Å². The first-order chi connectivity index (χ1) is 13.9.